The first-order valence-electron chi connectivity index (χ1n) is 12.6. The van der Waals surface area contributed by atoms with E-state index < -0.39 is 6.04 Å². The number of amides is 1. The first kappa shape index (κ1) is 25.2. The van der Waals surface area contributed by atoms with E-state index in [1.54, 1.807) is 49.0 Å². The highest BCUT2D eigenvalue weighted by Crippen LogP contribution is 2.22. The van der Waals surface area contributed by atoms with Gasteiger partial charge in [0.25, 0.3) is 11.5 Å². The molecule has 0 saturated carbocycles. The fourth-order valence-electron chi connectivity index (χ4n) is 4.60. The lowest BCUT2D eigenvalue weighted by Gasteiger charge is -2.20. The average molecular weight is 546 g/mol. The predicted molar refractivity (Wildman–Crippen MR) is 154 cm³/mol. The molecule has 2 aromatic carbocycles. The molecule has 0 unspecified atom stereocenters. The SMILES string of the molecule is Cc1csc(C#Cc2cccc3nc([C@H](C)NC(=O)c4c(C)nn5cccnc45)n(-c4ccccc4)c(=O)c23)n1. The molecule has 0 aliphatic heterocycles. The molecule has 0 saturated heterocycles. The van der Waals surface area contributed by atoms with E-state index in [4.69, 9.17) is 4.98 Å². The van der Waals surface area contributed by atoms with Gasteiger partial charge >= 0.3 is 0 Å². The van der Waals surface area contributed by atoms with Crippen LogP contribution in [0.4, 0.5) is 0 Å². The van der Waals surface area contributed by atoms with E-state index in [0.29, 0.717) is 49.9 Å². The molecule has 10 heteroatoms. The van der Waals surface area contributed by atoms with Crippen LogP contribution in [0.2, 0.25) is 0 Å². The second-order valence-corrected chi connectivity index (χ2v) is 10.1. The standard InChI is InChI=1S/C30H23N7O2S/c1-18-17-40-24(32-18)14-13-21-9-7-12-23-26(21)30(39)37(22-10-5-4-6-11-22)27(34-23)20(3)33-29(38)25-19(2)35-36-16-8-15-31-28(25)36/h4-12,15-17,20H,1-3H3,(H,33,38)/t20-/m0/s1. The Morgan fingerprint density at radius 2 is 1.85 bits per heavy atom. The highest BCUT2D eigenvalue weighted by Gasteiger charge is 2.24. The number of rotatable bonds is 4. The van der Waals surface area contributed by atoms with E-state index in [2.05, 4.69) is 32.2 Å². The molecule has 6 rings (SSSR count). The Bertz CT molecular complexity index is 2030. The Morgan fingerprint density at radius 3 is 2.62 bits per heavy atom. The molecule has 4 heterocycles. The van der Waals surface area contributed by atoms with Crippen molar-refractivity contribution in [3.63, 3.8) is 0 Å². The number of thiazole rings is 1. The zero-order valence-electron chi connectivity index (χ0n) is 21.9. The molecular weight excluding hydrogens is 522 g/mol. The fourth-order valence-corrected chi connectivity index (χ4v) is 5.24. The number of hydrogen-bond acceptors (Lipinski definition) is 7. The average Bonchev–Trinajstić information content (AvgIpc) is 3.53. The van der Waals surface area contributed by atoms with Gasteiger partial charge in [0.05, 0.1) is 28.3 Å². The van der Waals surface area contributed by atoms with Crippen molar-refractivity contribution in [2.45, 2.75) is 26.8 Å². The van der Waals surface area contributed by atoms with Crippen molar-refractivity contribution < 1.29 is 4.79 Å². The minimum atomic E-state index is -0.629. The molecule has 0 aliphatic carbocycles. The predicted octanol–water partition coefficient (Wildman–Crippen LogP) is 4.39. The maximum atomic E-state index is 14.1. The van der Waals surface area contributed by atoms with E-state index in [1.807, 2.05) is 48.7 Å². The van der Waals surface area contributed by atoms with Gasteiger partial charge in [-0.2, -0.15) is 5.10 Å². The monoisotopic (exact) mass is 545 g/mol. The normalized spacial score (nSPS) is 11.8. The minimum Gasteiger partial charge on any atom is -0.342 e. The van der Waals surface area contributed by atoms with Gasteiger partial charge in [0.1, 0.15) is 11.4 Å². The van der Waals surface area contributed by atoms with E-state index in [0.717, 1.165) is 5.69 Å². The number of nitrogens with one attached hydrogen (secondary N) is 1. The van der Waals surface area contributed by atoms with Crippen LogP contribution in [-0.4, -0.2) is 35.0 Å². The van der Waals surface area contributed by atoms with E-state index in [1.165, 1.54) is 15.9 Å². The van der Waals surface area contributed by atoms with Crippen molar-refractivity contribution in [2.75, 3.05) is 0 Å². The fraction of sp³-hybridized carbons (Fsp3) is 0.133. The van der Waals surface area contributed by atoms with Crippen molar-refractivity contribution in [1.29, 1.82) is 0 Å². The topological polar surface area (TPSA) is 107 Å². The maximum Gasteiger partial charge on any atom is 0.267 e. The summed E-state index contributed by atoms with van der Waals surface area (Å²) in [5.74, 6) is 6.22. The summed E-state index contributed by atoms with van der Waals surface area (Å²) in [4.78, 5) is 41.2. The molecule has 0 radical (unpaired) electrons. The van der Waals surface area contributed by atoms with Gasteiger partial charge in [-0.25, -0.2) is 19.5 Å². The zero-order valence-corrected chi connectivity index (χ0v) is 22.7. The number of aromatic nitrogens is 6. The van der Waals surface area contributed by atoms with Gasteiger partial charge in [0.2, 0.25) is 0 Å². The number of aryl methyl sites for hydroxylation is 2. The number of carbonyl (C=O) groups is 1. The molecule has 0 aliphatic rings. The smallest absolute Gasteiger partial charge is 0.267 e. The molecule has 0 spiro atoms. The van der Waals surface area contributed by atoms with Gasteiger partial charge in [0.15, 0.2) is 10.7 Å². The third-order valence-corrected chi connectivity index (χ3v) is 7.27. The summed E-state index contributed by atoms with van der Waals surface area (Å²) in [6.45, 7) is 5.48. The summed E-state index contributed by atoms with van der Waals surface area (Å²) in [6, 6.07) is 15.8. The van der Waals surface area contributed by atoms with Crippen molar-refractivity contribution in [2.24, 2.45) is 0 Å². The molecular formula is C30H23N7O2S. The number of para-hydroxylation sites is 1. The molecule has 0 bridgehead atoms. The third kappa shape index (κ3) is 4.52. The molecule has 196 valence electrons. The van der Waals surface area contributed by atoms with Crippen LogP contribution >= 0.6 is 11.3 Å². The second kappa shape index (κ2) is 10.2. The van der Waals surface area contributed by atoms with Gasteiger partial charge in [-0.3, -0.25) is 14.2 Å². The van der Waals surface area contributed by atoms with Crippen LogP contribution in [0.1, 0.15) is 51.1 Å². The third-order valence-electron chi connectivity index (χ3n) is 6.39. The van der Waals surface area contributed by atoms with Gasteiger partial charge in [-0.15, -0.1) is 11.3 Å². The molecule has 1 atom stereocenters. The quantitative estimate of drug-likeness (QED) is 0.329. The number of benzene rings is 2. The summed E-state index contributed by atoms with van der Waals surface area (Å²) in [6.07, 6.45) is 3.36. The summed E-state index contributed by atoms with van der Waals surface area (Å²) in [7, 11) is 0. The summed E-state index contributed by atoms with van der Waals surface area (Å²) < 4.78 is 3.10. The lowest BCUT2D eigenvalue weighted by atomic mass is 10.1. The van der Waals surface area contributed by atoms with Gasteiger partial charge in [0, 0.05) is 29.0 Å². The Labute approximate surface area is 233 Å². The van der Waals surface area contributed by atoms with Crippen LogP contribution in [0, 0.1) is 25.7 Å². The highest BCUT2D eigenvalue weighted by molar-refractivity contribution is 7.10. The second-order valence-electron chi connectivity index (χ2n) is 9.23. The molecule has 40 heavy (non-hydrogen) atoms. The molecule has 6 aromatic rings. The molecule has 1 N–H and O–H groups in total. The van der Waals surface area contributed by atoms with Crippen molar-refractivity contribution >= 4 is 33.8 Å². The van der Waals surface area contributed by atoms with E-state index in [-0.39, 0.29) is 11.5 Å². The largest absolute Gasteiger partial charge is 0.342 e. The lowest BCUT2D eigenvalue weighted by Crippen LogP contribution is -2.33. The molecule has 9 nitrogen and oxygen atoms in total. The highest BCUT2D eigenvalue weighted by atomic mass is 32.1. The van der Waals surface area contributed by atoms with Crippen LogP contribution in [-0.2, 0) is 0 Å². The zero-order chi connectivity index (χ0) is 27.8. The number of fused-ring (bicyclic) bond motifs is 2. The molecule has 1 amide bonds. The van der Waals surface area contributed by atoms with Crippen molar-refractivity contribution in [1.82, 2.24) is 34.4 Å². The maximum absolute atomic E-state index is 14.1. The van der Waals surface area contributed by atoms with Crippen LogP contribution in [0.5, 0.6) is 0 Å². The molecule has 4 aromatic heterocycles. The summed E-state index contributed by atoms with van der Waals surface area (Å²) in [5, 5.41) is 10.4. The van der Waals surface area contributed by atoms with Crippen LogP contribution in [0.3, 0.4) is 0 Å². The summed E-state index contributed by atoms with van der Waals surface area (Å²) >= 11 is 1.46. The number of carbonyl (C=O) groups excluding carboxylic acids is 1. The Hall–Kier alpha value is -5.14. The van der Waals surface area contributed by atoms with Crippen LogP contribution in [0.25, 0.3) is 22.2 Å². The van der Waals surface area contributed by atoms with E-state index in [9.17, 15) is 9.59 Å². The molecule has 0 fully saturated rings. The van der Waals surface area contributed by atoms with Gasteiger partial charge < -0.3 is 5.32 Å². The summed E-state index contributed by atoms with van der Waals surface area (Å²) in [5.41, 5.74) is 3.68. The van der Waals surface area contributed by atoms with Crippen molar-refractivity contribution in [3.8, 4) is 17.5 Å². The first-order valence-corrected chi connectivity index (χ1v) is 13.4. The number of nitrogens with zero attached hydrogens (tertiary/aromatic N) is 6. The van der Waals surface area contributed by atoms with Crippen LogP contribution in [0.15, 0.2) is 77.2 Å². The first-order chi connectivity index (χ1) is 19.4. The van der Waals surface area contributed by atoms with E-state index >= 15 is 0 Å². The minimum absolute atomic E-state index is 0.277. The Kier molecular flexibility index (Phi) is 6.42. The lowest BCUT2D eigenvalue weighted by molar-refractivity contribution is 0.0938. The number of hydrogen-bond donors (Lipinski definition) is 1. The van der Waals surface area contributed by atoms with Gasteiger partial charge in [-0.1, -0.05) is 30.2 Å². The van der Waals surface area contributed by atoms with Gasteiger partial charge in [-0.05, 0) is 57.0 Å². The van der Waals surface area contributed by atoms with Crippen molar-refractivity contribution in [3.05, 3.63) is 116 Å². The Morgan fingerprint density at radius 1 is 1.02 bits per heavy atom. The Balaban J connectivity index is 1.48. The van der Waals surface area contributed by atoms with Crippen LogP contribution < -0.4 is 10.9 Å².